The summed E-state index contributed by atoms with van der Waals surface area (Å²) in [6.07, 6.45) is 6.08. The lowest BCUT2D eigenvalue weighted by Gasteiger charge is -2.09. The zero-order valence-electron chi connectivity index (χ0n) is 12.9. The SMILES string of the molecule is CC(C)NCc1ccc(S(=O)(=O)NCCC2CCCC2)s1. The Balaban J connectivity index is 1.83. The largest absolute Gasteiger partial charge is 0.310 e. The Morgan fingerprint density at radius 2 is 2.00 bits per heavy atom. The van der Waals surface area contributed by atoms with Crippen LogP contribution in [0.25, 0.3) is 0 Å². The van der Waals surface area contributed by atoms with Crippen LogP contribution in [0.3, 0.4) is 0 Å². The van der Waals surface area contributed by atoms with Crippen LogP contribution in [0.2, 0.25) is 0 Å². The molecule has 1 fully saturated rings. The first-order chi connectivity index (χ1) is 9.97. The van der Waals surface area contributed by atoms with Crippen molar-refractivity contribution in [3.63, 3.8) is 0 Å². The van der Waals surface area contributed by atoms with E-state index in [1.54, 1.807) is 6.07 Å². The summed E-state index contributed by atoms with van der Waals surface area (Å²) in [5.41, 5.74) is 0. The molecule has 0 saturated heterocycles. The van der Waals surface area contributed by atoms with Crippen molar-refractivity contribution in [3.8, 4) is 0 Å². The van der Waals surface area contributed by atoms with Crippen LogP contribution in [0.15, 0.2) is 16.3 Å². The Hall–Kier alpha value is -0.430. The Kier molecular flexibility index (Phi) is 6.22. The number of sulfonamides is 1. The fourth-order valence-corrected chi connectivity index (χ4v) is 5.07. The maximum Gasteiger partial charge on any atom is 0.250 e. The van der Waals surface area contributed by atoms with E-state index < -0.39 is 10.0 Å². The van der Waals surface area contributed by atoms with Crippen LogP contribution >= 0.6 is 11.3 Å². The van der Waals surface area contributed by atoms with Crippen LogP contribution in [-0.4, -0.2) is 21.0 Å². The lowest BCUT2D eigenvalue weighted by atomic mass is 10.1. The summed E-state index contributed by atoms with van der Waals surface area (Å²) >= 11 is 1.35. The highest BCUT2D eigenvalue weighted by Crippen LogP contribution is 2.27. The monoisotopic (exact) mass is 330 g/mol. The summed E-state index contributed by atoms with van der Waals surface area (Å²) in [6, 6.07) is 4.00. The molecule has 2 rings (SSSR count). The van der Waals surface area contributed by atoms with Crippen LogP contribution in [0, 0.1) is 5.92 Å². The van der Waals surface area contributed by atoms with Gasteiger partial charge in [-0.15, -0.1) is 11.3 Å². The number of rotatable bonds is 8. The molecule has 6 heteroatoms. The third-order valence-electron chi connectivity index (χ3n) is 3.91. The van der Waals surface area contributed by atoms with Crippen molar-refractivity contribution >= 4 is 21.4 Å². The molecule has 0 aromatic carbocycles. The van der Waals surface area contributed by atoms with E-state index in [0.717, 1.165) is 17.8 Å². The lowest BCUT2D eigenvalue weighted by molar-refractivity contribution is 0.496. The molecule has 0 atom stereocenters. The van der Waals surface area contributed by atoms with E-state index in [-0.39, 0.29) is 0 Å². The molecule has 1 aromatic heterocycles. The van der Waals surface area contributed by atoms with E-state index in [2.05, 4.69) is 23.9 Å². The highest BCUT2D eigenvalue weighted by atomic mass is 32.2. The van der Waals surface area contributed by atoms with Crippen LogP contribution in [-0.2, 0) is 16.6 Å². The van der Waals surface area contributed by atoms with E-state index in [1.165, 1.54) is 37.0 Å². The number of nitrogens with one attached hydrogen (secondary N) is 2. The molecule has 0 unspecified atom stereocenters. The van der Waals surface area contributed by atoms with Gasteiger partial charge >= 0.3 is 0 Å². The highest BCUT2D eigenvalue weighted by molar-refractivity contribution is 7.91. The maximum absolute atomic E-state index is 12.2. The van der Waals surface area contributed by atoms with E-state index in [9.17, 15) is 8.42 Å². The second-order valence-electron chi connectivity index (χ2n) is 6.09. The third kappa shape index (κ3) is 5.36. The number of thiophene rings is 1. The molecule has 1 heterocycles. The first-order valence-electron chi connectivity index (χ1n) is 7.79. The molecule has 1 aliphatic rings. The van der Waals surface area contributed by atoms with Gasteiger partial charge in [0.2, 0.25) is 10.0 Å². The predicted octanol–water partition coefficient (Wildman–Crippen LogP) is 3.10. The molecule has 1 saturated carbocycles. The second kappa shape index (κ2) is 7.72. The second-order valence-corrected chi connectivity index (χ2v) is 9.26. The van der Waals surface area contributed by atoms with Gasteiger partial charge < -0.3 is 5.32 Å². The summed E-state index contributed by atoms with van der Waals surface area (Å²) in [4.78, 5) is 1.06. The Morgan fingerprint density at radius 1 is 1.29 bits per heavy atom. The van der Waals surface area contributed by atoms with Crippen molar-refractivity contribution in [2.24, 2.45) is 5.92 Å². The number of hydrogen-bond acceptors (Lipinski definition) is 4. The van der Waals surface area contributed by atoms with Gasteiger partial charge in [-0.05, 0) is 24.5 Å². The van der Waals surface area contributed by atoms with Gasteiger partial charge in [0.15, 0.2) is 0 Å². The topological polar surface area (TPSA) is 58.2 Å². The minimum absolute atomic E-state index is 0.400. The normalized spacial score (nSPS) is 16.9. The summed E-state index contributed by atoms with van der Waals surface area (Å²) in [7, 11) is -3.33. The standard InChI is InChI=1S/C15H26N2O2S2/c1-12(2)16-11-14-7-8-15(20-14)21(18,19)17-10-9-13-5-3-4-6-13/h7-8,12-13,16-17H,3-6,9-11H2,1-2H3. The molecule has 1 aromatic rings. The first kappa shape index (κ1) is 16.9. The molecule has 0 bridgehead atoms. The van der Waals surface area contributed by atoms with Crippen molar-refractivity contribution < 1.29 is 8.42 Å². The van der Waals surface area contributed by atoms with Crippen molar-refractivity contribution in [2.45, 2.75) is 62.7 Å². The Labute approximate surface area is 132 Å². The molecule has 2 N–H and O–H groups in total. The fourth-order valence-electron chi connectivity index (χ4n) is 2.67. The molecule has 0 radical (unpaired) electrons. The summed E-state index contributed by atoms with van der Waals surface area (Å²) < 4.78 is 27.6. The third-order valence-corrected chi connectivity index (χ3v) is 6.94. The molecule has 120 valence electrons. The quantitative estimate of drug-likeness (QED) is 0.770. The predicted molar refractivity (Wildman–Crippen MR) is 88.1 cm³/mol. The van der Waals surface area contributed by atoms with Crippen molar-refractivity contribution in [2.75, 3.05) is 6.54 Å². The van der Waals surface area contributed by atoms with Crippen LogP contribution < -0.4 is 10.0 Å². The van der Waals surface area contributed by atoms with Gasteiger partial charge in [-0.1, -0.05) is 39.5 Å². The molecule has 1 aliphatic carbocycles. The molecular weight excluding hydrogens is 304 g/mol. The molecule has 0 spiro atoms. The lowest BCUT2D eigenvalue weighted by Crippen LogP contribution is -2.25. The van der Waals surface area contributed by atoms with Crippen molar-refractivity contribution in [1.82, 2.24) is 10.0 Å². The average Bonchev–Trinajstić information content (AvgIpc) is 3.07. The zero-order chi connectivity index (χ0) is 15.3. The minimum atomic E-state index is -3.33. The van der Waals surface area contributed by atoms with Gasteiger partial charge in [0.25, 0.3) is 0 Å². The van der Waals surface area contributed by atoms with E-state index in [1.807, 2.05) is 6.07 Å². The maximum atomic E-state index is 12.2. The van der Waals surface area contributed by atoms with E-state index in [0.29, 0.717) is 22.7 Å². The molecular formula is C15H26N2O2S2. The molecule has 0 amide bonds. The Morgan fingerprint density at radius 3 is 2.67 bits per heavy atom. The average molecular weight is 331 g/mol. The zero-order valence-corrected chi connectivity index (χ0v) is 14.5. The minimum Gasteiger partial charge on any atom is -0.310 e. The van der Waals surface area contributed by atoms with Gasteiger partial charge in [-0.3, -0.25) is 0 Å². The van der Waals surface area contributed by atoms with Crippen LogP contribution in [0.5, 0.6) is 0 Å². The van der Waals surface area contributed by atoms with Gasteiger partial charge in [0, 0.05) is 24.0 Å². The molecule has 0 aliphatic heterocycles. The smallest absolute Gasteiger partial charge is 0.250 e. The van der Waals surface area contributed by atoms with E-state index >= 15 is 0 Å². The van der Waals surface area contributed by atoms with Gasteiger partial charge in [0.1, 0.15) is 4.21 Å². The highest BCUT2D eigenvalue weighted by Gasteiger charge is 2.19. The summed E-state index contributed by atoms with van der Waals surface area (Å²) in [6.45, 7) is 5.44. The van der Waals surface area contributed by atoms with Gasteiger partial charge in [-0.25, -0.2) is 13.1 Å². The van der Waals surface area contributed by atoms with E-state index in [4.69, 9.17) is 0 Å². The van der Waals surface area contributed by atoms with Gasteiger partial charge in [0.05, 0.1) is 0 Å². The van der Waals surface area contributed by atoms with Crippen molar-refractivity contribution in [1.29, 1.82) is 0 Å². The van der Waals surface area contributed by atoms with Gasteiger partial charge in [-0.2, -0.15) is 0 Å². The molecule has 4 nitrogen and oxygen atoms in total. The van der Waals surface area contributed by atoms with Crippen LogP contribution in [0.4, 0.5) is 0 Å². The Bertz CT molecular complexity index is 532. The van der Waals surface area contributed by atoms with Crippen LogP contribution in [0.1, 0.15) is 50.8 Å². The summed E-state index contributed by atoms with van der Waals surface area (Å²) in [5.74, 6) is 0.710. The number of hydrogen-bond donors (Lipinski definition) is 2. The summed E-state index contributed by atoms with van der Waals surface area (Å²) in [5, 5.41) is 3.30. The fraction of sp³-hybridized carbons (Fsp3) is 0.733. The first-order valence-corrected chi connectivity index (χ1v) is 10.1. The van der Waals surface area contributed by atoms with Crippen molar-refractivity contribution in [3.05, 3.63) is 17.0 Å². The molecule has 21 heavy (non-hydrogen) atoms.